The van der Waals surface area contributed by atoms with Crippen LogP contribution in [0.4, 0.5) is 0 Å². The van der Waals surface area contributed by atoms with Crippen molar-refractivity contribution in [1.82, 2.24) is 19.9 Å². The van der Waals surface area contributed by atoms with Crippen LogP contribution < -0.4 is 10.6 Å². The van der Waals surface area contributed by atoms with Crippen molar-refractivity contribution in [3.8, 4) is 0 Å². The van der Waals surface area contributed by atoms with Gasteiger partial charge in [-0.2, -0.15) is 4.31 Å². The second-order valence-corrected chi connectivity index (χ2v) is 9.54. The molecule has 0 saturated carbocycles. The van der Waals surface area contributed by atoms with E-state index in [2.05, 4.69) is 15.6 Å². The summed E-state index contributed by atoms with van der Waals surface area (Å²) in [5.74, 6) is -0.534. The number of pyridine rings is 1. The third-order valence-electron chi connectivity index (χ3n) is 4.75. The summed E-state index contributed by atoms with van der Waals surface area (Å²) >= 11 is 5.93. The Morgan fingerprint density at radius 2 is 1.96 bits per heavy atom. The number of aromatic nitrogens is 1. The van der Waals surface area contributed by atoms with Crippen LogP contribution in [-0.2, 0) is 19.6 Å². The summed E-state index contributed by atoms with van der Waals surface area (Å²) in [5, 5.41) is 5.32. The molecule has 0 radical (unpaired) electrons. The van der Waals surface area contributed by atoms with E-state index in [-0.39, 0.29) is 46.8 Å². The first kappa shape index (κ1) is 22.6. The molecule has 2 rings (SSSR count). The van der Waals surface area contributed by atoms with Gasteiger partial charge in [0, 0.05) is 32.3 Å². The molecule has 2 amide bonds. The van der Waals surface area contributed by atoms with E-state index in [1.807, 2.05) is 13.8 Å². The zero-order chi connectivity index (χ0) is 20.9. The number of carbonyl (C=O) groups excluding carboxylic acids is 2. The van der Waals surface area contributed by atoms with Crippen molar-refractivity contribution in [2.75, 3.05) is 20.1 Å². The summed E-state index contributed by atoms with van der Waals surface area (Å²) < 4.78 is 26.8. The first-order valence-corrected chi connectivity index (χ1v) is 11.1. The van der Waals surface area contributed by atoms with E-state index in [9.17, 15) is 18.0 Å². The number of hydrogen-bond acceptors (Lipinski definition) is 5. The standard InChI is InChI=1S/C18H27ClN4O4S/c1-12(2)11-14(18(25)20-3)22-17(24)13-6-9-23(10-7-13)28(26,27)15-5-4-8-21-16(15)19/h4-5,8,12-14H,6-7,9-11H2,1-3H3,(H,20,25)(H,22,24). The molecule has 0 spiro atoms. The fourth-order valence-corrected chi connectivity index (χ4v) is 5.13. The maximum Gasteiger partial charge on any atom is 0.246 e. The van der Waals surface area contributed by atoms with Crippen molar-refractivity contribution >= 4 is 33.4 Å². The molecule has 1 aliphatic rings. The van der Waals surface area contributed by atoms with Gasteiger partial charge in [0.2, 0.25) is 21.8 Å². The number of halogens is 1. The Morgan fingerprint density at radius 3 is 2.50 bits per heavy atom. The number of likely N-dealkylation sites (N-methyl/N-ethyl adjacent to an activating group) is 1. The van der Waals surface area contributed by atoms with Crippen LogP contribution in [0.2, 0.25) is 5.15 Å². The fraction of sp³-hybridized carbons (Fsp3) is 0.611. The van der Waals surface area contributed by atoms with Crippen LogP contribution in [0.25, 0.3) is 0 Å². The lowest BCUT2D eigenvalue weighted by Gasteiger charge is -2.31. The molecule has 1 unspecified atom stereocenters. The highest BCUT2D eigenvalue weighted by molar-refractivity contribution is 7.89. The van der Waals surface area contributed by atoms with E-state index in [1.165, 1.54) is 29.7 Å². The van der Waals surface area contributed by atoms with Crippen LogP contribution in [0.1, 0.15) is 33.1 Å². The number of rotatable bonds is 7. The van der Waals surface area contributed by atoms with Gasteiger partial charge in [-0.1, -0.05) is 25.4 Å². The summed E-state index contributed by atoms with van der Waals surface area (Å²) in [4.78, 5) is 28.4. The lowest BCUT2D eigenvalue weighted by Crippen LogP contribution is -2.50. The van der Waals surface area contributed by atoms with Crippen LogP contribution in [0.3, 0.4) is 0 Å². The zero-order valence-corrected chi connectivity index (χ0v) is 17.9. The molecule has 0 aliphatic carbocycles. The molecule has 1 atom stereocenters. The van der Waals surface area contributed by atoms with Gasteiger partial charge in [-0.3, -0.25) is 9.59 Å². The van der Waals surface area contributed by atoms with Gasteiger partial charge in [-0.15, -0.1) is 0 Å². The Balaban J connectivity index is 2.00. The predicted octanol–water partition coefficient (Wildman–Crippen LogP) is 1.41. The fourth-order valence-electron chi connectivity index (χ4n) is 3.23. The maximum absolute atomic E-state index is 12.8. The summed E-state index contributed by atoms with van der Waals surface area (Å²) in [5.41, 5.74) is 0. The zero-order valence-electron chi connectivity index (χ0n) is 16.3. The van der Waals surface area contributed by atoms with Gasteiger partial charge in [0.1, 0.15) is 16.1 Å². The first-order valence-electron chi connectivity index (χ1n) is 9.29. The average molecular weight is 431 g/mol. The van der Waals surface area contributed by atoms with Crippen LogP contribution in [0, 0.1) is 11.8 Å². The minimum atomic E-state index is -3.76. The monoisotopic (exact) mass is 430 g/mol. The molecule has 1 aromatic heterocycles. The number of nitrogens with zero attached hydrogens (tertiary/aromatic N) is 2. The second kappa shape index (κ2) is 9.67. The van der Waals surface area contributed by atoms with Crippen molar-refractivity contribution < 1.29 is 18.0 Å². The molecule has 1 aliphatic heterocycles. The highest BCUT2D eigenvalue weighted by Gasteiger charge is 2.34. The predicted molar refractivity (Wildman–Crippen MR) is 106 cm³/mol. The Labute approximate surface area is 171 Å². The van der Waals surface area contributed by atoms with Crippen molar-refractivity contribution in [3.63, 3.8) is 0 Å². The van der Waals surface area contributed by atoms with Crippen molar-refractivity contribution in [2.45, 2.75) is 44.0 Å². The Kier molecular flexibility index (Phi) is 7.79. The van der Waals surface area contributed by atoms with E-state index >= 15 is 0 Å². The third kappa shape index (κ3) is 5.42. The topological polar surface area (TPSA) is 108 Å². The summed E-state index contributed by atoms with van der Waals surface area (Å²) in [6.07, 6.45) is 2.73. The lowest BCUT2D eigenvalue weighted by atomic mass is 9.95. The van der Waals surface area contributed by atoms with E-state index in [0.29, 0.717) is 19.3 Å². The molecule has 10 heteroatoms. The van der Waals surface area contributed by atoms with Crippen LogP contribution in [0.15, 0.2) is 23.2 Å². The molecule has 2 heterocycles. The maximum atomic E-state index is 12.8. The summed E-state index contributed by atoms with van der Waals surface area (Å²) in [7, 11) is -2.22. The SMILES string of the molecule is CNC(=O)C(CC(C)C)NC(=O)C1CCN(S(=O)(=O)c2cccnc2Cl)CC1. The van der Waals surface area contributed by atoms with Gasteiger partial charge >= 0.3 is 0 Å². The molecule has 2 N–H and O–H groups in total. The molecule has 1 aromatic rings. The highest BCUT2D eigenvalue weighted by Crippen LogP contribution is 2.27. The molecule has 156 valence electrons. The Morgan fingerprint density at radius 1 is 1.32 bits per heavy atom. The quantitative estimate of drug-likeness (QED) is 0.636. The van der Waals surface area contributed by atoms with Crippen molar-refractivity contribution in [3.05, 3.63) is 23.5 Å². The number of hydrogen-bond donors (Lipinski definition) is 2. The Bertz CT molecular complexity index is 808. The van der Waals surface area contributed by atoms with Gasteiger partial charge in [-0.05, 0) is 37.3 Å². The second-order valence-electron chi connectivity index (χ2n) is 7.28. The van der Waals surface area contributed by atoms with E-state index in [4.69, 9.17) is 11.6 Å². The molecular weight excluding hydrogens is 404 g/mol. The number of nitrogens with one attached hydrogen (secondary N) is 2. The molecule has 0 bridgehead atoms. The van der Waals surface area contributed by atoms with Crippen molar-refractivity contribution in [2.24, 2.45) is 11.8 Å². The van der Waals surface area contributed by atoms with Crippen LogP contribution in [0.5, 0.6) is 0 Å². The smallest absolute Gasteiger partial charge is 0.246 e. The molecule has 0 aromatic carbocycles. The van der Waals surface area contributed by atoms with Gasteiger partial charge < -0.3 is 10.6 Å². The largest absolute Gasteiger partial charge is 0.357 e. The van der Waals surface area contributed by atoms with Gasteiger partial charge in [-0.25, -0.2) is 13.4 Å². The molecule has 8 nitrogen and oxygen atoms in total. The van der Waals surface area contributed by atoms with Gasteiger partial charge in [0.15, 0.2) is 0 Å². The summed E-state index contributed by atoms with van der Waals surface area (Å²) in [6, 6.07) is 2.35. The minimum Gasteiger partial charge on any atom is -0.357 e. The summed E-state index contributed by atoms with van der Waals surface area (Å²) in [6.45, 7) is 4.38. The van der Waals surface area contributed by atoms with Gasteiger partial charge in [0.05, 0.1) is 0 Å². The minimum absolute atomic E-state index is 0.0313. The molecule has 28 heavy (non-hydrogen) atoms. The lowest BCUT2D eigenvalue weighted by molar-refractivity contribution is -0.132. The van der Waals surface area contributed by atoms with E-state index < -0.39 is 16.1 Å². The number of piperidine rings is 1. The number of carbonyl (C=O) groups is 2. The highest BCUT2D eigenvalue weighted by atomic mass is 35.5. The number of sulfonamides is 1. The van der Waals surface area contributed by atoms with Gasteiger partial charge in [0.25, 0.3) is 0 Å². The first-order chi connectivity index (χ1) is 13.2. The average Bonchev–Trinajstić information content (AvgIpc) is 2.66. The third-order valence-corrected chi connectivity index (χ3v) is 7.10. The van der Waals surface area contributed by atoms with E-state index in [1.54, 1.807) is 0 Å². The molecular formula is C18H27ClN4O4S. The normalized spacial score (nSPS) is 17.3. The molecule has 1 fully saturated rings. The number of amides is 2. The molecule has 1 saturated heterocycles. The van der Waals surface area contributed by atoms with Crippen LogP contribution >= 0.6 is 11.6 Å². The van der Waals surface area contributed by atoms with E-state index in [0.717, 1.165) is 0 Å². The van der Waals surface area contributed by atoms with Crippen LogP contribution in [-0.4, -0.2) is 55.7 Å². The Hall–Kier alpha value is -1.71. The van der Waals surface area contributed by atoms with Crippen molar-refractivity contribution in [1.29, 1.82) is 0 Å².